The molecule has 6 heteroatoms. The Balaban J connectivity index is 1.70. The summed E-state index contributed by atoms with van der Waals surface area (Å²) in [5.74, 6) is -0.815. The zero-order chi connectivity index (χ0) is 18.9. The maximum absolute atomic E-state index is 12.0. The fraction of sp³-hybridized carbons (Fsp3) is 0.250. The van der Waals surface area contributed by atoms with Crippen LogP contribution >= 0.6 is 0 Å². The number of benzene rings is 2. The Morgan fingerprint density at radius 3 is 2.12 bits per heavy atom. The molecule has 0 saturated heterocycles. The van der Waals surface area contributed by atoms with Gasteiger partial charge in [0.25, 0.3) is 5.91 Å². The van der Waals surface area contributed by atoms with Crippen molar-refractivity contribution in [3.8, 4) is 0 Å². The van der Waals surface area contributed by atoms with Crippen LogP contribution < -0.4 is 16.0 Å². The molecule has 2 aromatic carbocycles. The van der Waals surface area contributed by atoms with E-state index in [1.807, 2.05) is 38.1 Å². The molecule has 0 heterocycles. The molecule has 0 unspecified atom stereocenters. The SMILES string of the molecule is Cc1cccc(C)c1NC(=O)CNC(=O)CCNC(=O)c1ccccc1. The third-order valence-electron chi connectivity index (χ3n) is 3.87. The summed E-state index contributed by atoms with van der Waals surface area (Å²) in [5, 5.41) is 8.03. The molecule has 0 aromatic heterocycles. The van der Waals surface area contributed by atoms with Gasteiger partial charge in [0.15, 0.2) is 0 Å². The Morgan fingerprint density at radius 2 is 1.46 bits per heavy atom. The molecule has 0 bridgehead atoms. The van der Waals surface area contributed by atoms with Crippen molar-refractivity contribution < 1.29 is 14.4 Å². The number of rotatable bonds is 7. The van der Waals surface area contributed by atoms with Gasteiger partial charge in [-0.1, -0.05) is 36.4 Å². The Morgan fingerprint density at radius 1 is 0.808 bits per heavy atom. The largest absolute Gasteiger partial charge is 0.352 e. The highest BCUT2D eigenvalue weighted by Crippen LogP contribution is 2.18. The molecule has 2 rings (SSSR count). The standard InChI is InChI=1S/C20H23N3O3/c1-14-7-6-8-15(2)19(14)23-18(25)13-22-17(24)11-12-21-20(26)16-9-4-3-5-10-16/h3-10H,11-13H2,1-2H3,(H,21,26)(H,22,24)(H,23,25). The highest BCUT2D eigenvalue weighted by Gasteiger charge is 2.10. The van der Waals surface area contributed by atoms with Crippen molar-refractivity contribution in [1.29, 1.82) is 0 Å². The zero-order valence-corrected chi connectivity index (χ0v) is 15.0. The van der Waals surface area contributed by atoms with E-state index in [2.05, 4.69) is 16.0 Å². The van der Waals surface area contributed by atoms with E-state index in [-0.39, 0.29) is 37.2 Å². The second-order valence-electron chi connectivity index (χ2n) is 5.96. The lowest BCUT2D eigenvalue weighted by Gasteiger charge is -2.12. The van der Waals surface area contributed by atoms with Crippen LogP contribution in [-0.4, -0.2) is 30.8 Å². The summed E-state index contributed by atoms with van der Waals surface area (Å²) < 4.78 is 0. The summed E-state index contributed by atoms with van der Waals surface area (Å²) in [6, 6.07) is 14.5. The van der Waals surface area contributed by atoms with Crippen LogP contribution in [0.4, 0.5) is 5.69 Å². The first-order valence-corrected chi connectivity index (χ1v) is 8.43. The predicted octanol–water partition coefficient (Wildman–Crippen LogP) is 2.18. The Bertz CT molecular complexity index is 768. The van der Waals surface area contributed by atoms with Gasteiger partial charge in [0.2, 0.25) is 11.8 Å². The third-order valence-corrected chi connectivity index (χ3v) is 3.87. The summed E-state index contributed by atoms with van der Waals surface area (Å²) in [6.07, 6.45) is 0.106. The van der Waals surface area contributed by atoms with Crippen molar-refractivity contribution in [3.63, 3.8) is 0 Å². The average Bonchev–Trinajstić information content (AvgIpc) is 2.64. The lowest BCUT2D eigenvalue weighted by molar-refractivity contribution is -0.124. The fourth-order valence-corrected chi connectivity index (χ4v) is 2.44. The van der Waals surface area contributed by atoms with Crippen molar-refractivity contribution in [1.82, 2.24) is 10.6 Å². The van der Waals surface area contributed by atoms with Gasteiger partial charge in [-0.3, -0.25) is 14.4 Å². The quantitative estimate of drug-likeness (QED) is 0.713. The predicted molar refractivity (Wildman–Crippen MR) is 101 cm³/mol. The molecule has 0 fully saturated rings. The Hall–Kier alpha value is -3.15. The van der Waals surface area contributed by atoms with Gasteiger partial charge in [-0.05, 0) is 37.1 Å². The van der Waals surface area contributed by atoms with Gasteiger partial charge >= 0.3 is 0 Å². The molecule has 0 saturated carbocycles. The first kappa shape index (κ1) is 19.2. The number of hydrogen-bond donors (Lipinski definition) is 3. The van der Waals surface area contributed by atoms with E-state index >= 15 is 0 Å². The minimum absolute atomic E-state index is 0.106. The van der Waals surface area contributed by atoms with Gasteiger partial charge in [-0.25, -0.2) is 0 Å². The van der Waals surface area contributed by atoms with Gasteiger partial charge in [0.05, 0.1) is 6.54 Å². The minimum Gasteiger partial charge on any atom is -0.352 e. The number of carbonyl (C=O) groups is 3. The molecule has 6 nitrogen and oxygen atoms in total. The summed E-state index contributed by atoms with van der Waals surface area (Å²) in [4.78, 5) is 35.7. The van der Waals surface area contributed by atoms with Crippen molar-refractivity contribution in [3.05, 3.63) is 65.2 Å². The molecule has 2 aromatic rings. The Kier molecular flexibility index (Phi) is 6.91. The third kappa shape index (κ3) is 5.73. The van der Waals surface area contributed by atoms with E-state index in [1.165, 1.54) is 0 Å². The molecule has 0 atom stereocenters. The van der Waals surface area contributed by atoms with Gasteiger partial charge < -0.3 is 16.0 Å². The molecule has 26 heavy (non-hydrogen) atoms. The number of amides is 3. The summed E-state index contributed by atoms with van der Waals surface area (Å²) in [5.41, 5.74) is 3.24. The molecule has 136 valence electrons. The second kappa shape index (κ2) is 9.36. The molecule has 3 amide bonds. The summed E-state index contributed by atoms with van der Waals surface area (Å²) >= 11 is 0. The normalized spacial score (nSPS) is 10.1. The molecular weight excluding hydrogens is 330 g/mol. The van der Waals surface area contributed by atoms with E-state index in [1.54, 1.807) is 24.3 Å². The molecular formula is C20H23N3O3. The van der Waals surface area contributed by atoms with E-state index in [0.717, 1.165) is 16.8 Å². The summed E-state index contributed by atoms with van der Waals surface area (Å²) in [6.45, 7) is 3.92. The number of para-hydroxylation sites is 1. The highest BCUT2D eigenvalue weighted by molar-refractivity contribution is 5.96. The Labute approximate surface area is 153 Å². The first-order chi connectivity index (χ1) is 12.5. The van der Waals surface area contributed by atoms with E-state index in [4.69, 9.17) is 0 Å². The van der Waals surface area contributed by atoms with E-state index < -0.39 is 0 Å². The number of carbonyl (C=O) groups excluding carboxylic acids is 3. The molecule has 3 N–H and O–H groups in total. The van der Waals surface area contributed by atoms with Crippen LogP contribution in [0.25, 0.3) is 0 Å². The highest BCUT2D eigenvalue weighted by atomic mass is 16.2. The van der Waals surface area contributed by atoms with Gasteiger partial charge in [0.1, 0.15) is 0 Å². The van der Waals surface area contributed by atoms with Crippen LogP contribution in [-0.2, 0) is 9.59 Å². The van der Waals surface area contributed by atoms with Crippen molar-refractivity contribution in [2.75, 3.05) is 18.4 Å². The minimum atomic E-state index is -0.296. The van der Waals surface area contributed by atoms with E-state index in [0.29, 0.717) is 5.56 Å². The molecule has 0 spiro atoms. The lowest BCUT2D eigenvalue weighted by atomic mass is 10.1. The lowest BCUT2D eigenvalue weighted by Crippen LogP contribution is -2.35. The average molecular weight is 353 g/mol. The van der Waals surface area contributed by atoms with Crippen LogP contribution in [0, 0.1) is 13.8 Å². The maximum Gasteiger partial charge on any atom is 0.251 e. The molecule has 0 aliphatic rings. The van der Waals surface area contributed by atoms with Crippen LogP contribution in [0.15, 0.2) is 48.5 Å². The fourth-order valence-electron chi connectivity index (χ4n) is 2.44. The monoisotopic (exact) mass is 353 g/mol. The topological polar surface area (TPSA) is 87.3 Å². The number of aryl methyl sites for hydroxylation is 2. The van der Waals surface area contributed by atoms with Gasteiger partial charge in [-0.2, -0.15) is 0 Å². The maximum atomic E-state index is 12.0. The number of anilines is 1. The first-order valence-electron chi connectivity index (χ1n) is 8.43. The van der Waals surface area contributed by atoms with Crippen LogP contribution in [0.5, 0.6) is 0 Å². The van der Waals surface area contributed by atoms with Gasteiger partial charge in [0, 0.05) is 24.2 Å². The smallest absolute Gasteiger partial charge is 0.251 e. The van der Waals surface area contributed by atoms with Gasteiger partial charge in [-0.15, -0.1) is 0 Å². The molecule has 0 aliphatic carbocycles. The molecule has 0 radical (unpaired) electrons. The molecule has 0 aliphatic heterocycles. The van der Waals surface area contributed by atoms with Crippen LogP contribution in [0.3, 0.4) is 0 Å². The van der Waals surface area contributed by atoms with Crippen molar-refractivity contribution in [2.45, 2.75) is 20.3 Å². The zero-order valence-electron chi connectivity index (χ0n) is 15.0. The second-order valence-corrected chi connectivity index (χ2v) is 5.96. The number of nitrogens with one attached hydrogen (secondary N) is 3. The van der Waals surface area contributed by atoms with Crippen LogP contribution in [0.2, 0.25) is 0 Å². The van der Waals surface area contributed by atoms with Crippen molar-refractivity contribution >= 4 is 23.4 Å². The number of hydrogen-bond acceptors (Lipinski definition) is 3. The van der Waals surface area contributed by atoms with Crippen molar-refractivity contribution in [2.24, 2.45) is 0 Å². The van der Waals surface area contributed by atoms with Crippen LogP contribution in [0.1, 0.15) is 27.9 Å². The van der Waals surface area contributed by atoms with E-state index in [9.17, 15) is 14.4 Å². The summed E-state index contributed by atoms with van der Waals surface area (Å²) in [7, 11) is 0.